The number of rotatable bonds is 5. The number of aromatic nitrogens is 2. The predicted molar refractivity (Wildman–Crippen MR) is 151 cm³/mol. The number of fused-ring (bicyclic) bond motifs is 2. The first kappa shape index (κ1) is 27.9. The molecule has 2 heteroatoms. The maximum atomic E-state index is 4.55. The lowest BCUT2D eigenvalue weighted by Crippen LogP contribution is -1.95. The van der Waals surface area contributed by atoms with E-state index in [1.165, 1.54) is 65.4 Å². The number of aromatic amines is 1. The van der Waals surface area contributed by atoms with Crippen LogP contribution in [0.1, 0.15) is 107 Å². The lowest BCUT2D eigenvalue weighted by atomic mass is 9.95. The molecule has 0 amide bonds. The van der Waals surface area contributed by atoms with E-state index in [4.69, 9.17) is 0 Å². The molecule has 186 valence electrons. The van der Waals surface area contributed by atoms with E-state index < -0.39 is 0 Å². The highest BCUT2D eigenvalue weighted by Gasteiger charge is 2.20. The number of aryl methyl sites for hydroxylation is 5. The van der Waals surface area contributed by atoms with E-state index in [1.54, 1.807) is 11.1 Å². The molecule has 3 aromatic rings. The second-order valence-corrected chi connectivity index (χ2v) is 9.66. The Morgan fingerprint density at radius 2 is 1.68 bits per heavy atom. The van der Waals surface area contributed by atoms with E-state index in [-0.39, 0.29) is 0 Å². The normalized spacial score (nSPS) is 13.8. The van der Waals surface area contributed by atoms with Crippen LogP contribution < -0.4 is 0 Å². The van der Waals surface area contributed by atoms with Crippen molar-refractivity contribution in [3.63, 3.8) is 0 Å². The van der Waals surface area contributed by atoms with E-state index >= 15 is 0 Å². The number of allylic oxidation sites excluding steroid dienone is 1. The Hall–Kier alpha value is -2.35. The maximum absolute atomic E-state index is 4.55. The van der Waals surface area contributed by atoms with Gasteiger partial charge in [0.25, 0.3) is 0 Å². The van der Waals surface area contributed by atoms with E-state index in [0.717, 1.165) is 24.3 Å². The van der Waals surface area contributed by atoms with Crippen molar-refractivity contribution in [3.05, 3.63) is 76.0 Å². The van der Waals surface area contributed by atoms with Gasteiger partial charge in [-0.15, -0.1) is 0 Å². The first-order valence-corrected chi connectivity index (χ1v) is 13.7. The highest BCUT2D eigenvalue weighted by atomic mass is 15.1. The second-order valence-electron chi connectivity index (χ2n) is 9.66. The summed E-state index contributed by atoms with van der Waals surface area (Å²) in [6, 6.07) is 11.6. The van der Waals surface area contributed by atoms with Crippen molar-refractivity contribution in [2.75, 3.05) is 0 Å². The Morgan fingerprint density at radius 1 is 1.00 bits per heavy atom. The molecule has 2 aliphatic rings. The molecule has 2 nitrogen and oxygen atoms in total. The SMILES string of the molecule is C=C(C)C1CC1.CC.CC.Cc1cc2c(CCc3ccc4c(c3)CCC4)[nH]nc2cc1C(C)C. The molecule has 1 N–H and O–H groups in total. The predicted octanol–water partition coefficient (Wildman–Crippen LogP) is 9.29. The summed E-state index contributed by atoms with van der Waals surface area (Å²) in [6.07, 6.45) is 8.74. The summed E-state index contributed by atoms with van der Waals surface area (Å²) in [5, 5.41) is 9.12. The van der Waals surface area contributed by atoms with Gasteiger partial charge in [-0.1, -0.05) is 71.9 Å². The lowest BCUT2D eigenvalue weighted by Gasteiger charge is -2.10. The maximum Gasteiger partial charge on any atom is 0.0926 e. The van der Waals surface area contributed by atoms with Gasteiger partial charge in [0.1, 0.15) is 0 Å². The summed E-state index contributed by atoms with van der Waals surface area (Å²) < 4.78 is 0. The first-order chi connectivity index (χ1) is 16.4. The minimum Gasteiger partial charge on any atom is -0.281 e. The molecule has 0 aliphatic heterocycles. The Balaban J connectivity index is 0.000000347. The minimum absolute atomic E-state index is 0.543. The van der Waals surface area contributed by atoms with Gasteiger partial charge in [-0.3, -0.25) is 5.10 Å². The van der Waals surface area contributed by atoms with Gasteiger partial charge in [0.05, 0.1) is 5.52 Å². The molecular weight excluding hydrogens is 412 g/mol. The Morgan fingerprint density at radius 3 is 2.26 bits per heavy atom. The van der Waals surface area contributed by atoms with E-state index in [9.17, 15) is 0 Å². The van der Waals surface area contributed by atoms with Crippen LogP contribution in [-0.4, -0.2) is 10.2 Å². The lowest BCUT2D eigenvalue weighted by molar-refractivity contribution is 0.858. The van der Waals surface area contributed by atoms with E-state index in [2.05, 4.69) is 74.8 Å². The van der Waals surface area contributed by atoms with Crippen LogP contribution in [0.15, 0.2) is 42.5 Å². The largest absolute Gasteiger partial charge is 0.281 e. The molecule has 0 spiro atoms. The molecule has 34 heavy (non-hydrogen) atoms. The first-order valence-electron chi connectivity index (χ1n) is 13.7. The van der Waals surface area contributed by atoms with Crippen molar-refractivity contribution in [2.45, 2.75) is 106 Å². The summed E-state index contributed by atoms with van der Waals surface area (Å²) in [4.78, 5) is 0. The zero-order valence-corrected chi connectivity index (χ0v) is 23.1. The van der Waals surface area contributed by atoms with Gasteiger partial charge in [-0.05, 0) is 111 Å². The zero-order chi connectivity index (χ0) is 25.3. The highest BCUT2D eigenvalue weighted by Crippen LogP contribution is 2.34. The molecule has 2 aliphatic carbocycles. The summed E-state index contributed by atoms with van der Waals surface area (Å²) in [7, 11) is 0. The number of benzene rings is 2. The fraction of sp³-hybridized carbons (Fsp3) is 0.531. The zero-order valence-electron chi connectivity index (χ0n) is 23.1. The van der Waals surface area contributed by atoms with Crippen molar-refractivity contribution >= 4 is 10.9 Å². The Kier molecular flexibility index (Phi) is 11.1. The van der Waals surface area contributed by atoms with Crippen molar-refractivity contribution in [2.24, 2.45) is 5.92 Å². The molecule has 1 fully saturated rings. The molecule has 2 aromatic carbocycles. The van der Waals surface area contributed by atoms with Crippen LogP contribution in [0.3, 0.4) is 0 Å². The van der Waals surface area contributed by atoms with Gasteiger partial charge in [-0.25, -0.2) is 0 Å². The number of nitrogens with one attached hydrogen (secondary N) is 1. The second kappa shape index (κ2) is 13.5. The smallest absolute Gasteiger partial charge is 0.0926 e. The number of hydrogen-bond donors (Lipinski definition) is 1. The molecule has 0 unspecified atom stereocenters. The molecule has 1 aromatic heterocycles. The summed E-state index contributed by atoms with van der Waals surface area (Å²) in [5.74, 6) is 1.45. The average molecular weight is 461 g/mol. The summed E-state index contributed by atoms with van der Waals surface area (Å²) >= 11 is 0. The summed E-state index contributed by atoms with van der Waals surface area (Å²) in [5.41, 5.74) is 11.1. The molecule has 0 saturated heterocycles. The third-order valence-electron chi connectivity index (χ3n) is 6.74. The molecule has 1 heterocycles. The molecule has 0 radical (unpaired) electrons. The van der Waals surface area contributed by atoms with Gasteiger partial charge in [0, 0.05) is 11.1 Å². The minimum atomic E-state index is 0.543. The monoisotopic (exact) mass is 460 g/mol. The van der Waals surface area contributed by atoms with Crippen LogP contribution in [0.5, 0.6) is 0 Å². The molecular formula is C32H48N2. The Bertz CT molecular complexity index is 1050. The van der Waals surface area contributed by atoms with Gasteiger partial charge in [0.2, 0.25) is 0 Å². The van der Waals surface area contributed by atoms with Gasteiger partial charge >= 0.3 is 0 Å². The third-order valence-corrected chi connectivity index (χ3v) is 6.74. The molecule has 1 saturated carbocycles. The van der Waals surface area contributed by atoms with E-state index in [0.29, 0.717) is 5.92 Å². The third kappa shape index (κ3) is 7.32. The number of nitrogens with zero attached hydrogens (tertiary/aromatic N) is 1. The number of H-pyrrole nitrogens is 1. The van der Waals surface area contributed by atoms with Gasteiger partial charge in [0.15, 0.2) is 0 Å². The molecule has 0 bridgehead atoms. The average Bonchev–Trinajstić information content (AvgIpc) is 3.49. The number of hydrogen-bond acceptors (Lipinski definition) is 1. The topological polar surface area (TPSA) is 28.7 Å². The van der Waals surface area contributed by atoms with Gasteiger partial charge in [-0.2, -0.15) is 5.10 Å². The highest BCUT2D eigenvalue weighted by molar-refractivity contribution is 5.83. The van der Waals surface area contributed by atoms with Crippen LogP contribution in [0, 0.1) is 12.8 Å². The van der Waals surface area contributed by atoms with Crippen molar-refractivity contribution in [1.82, 2.24) is 10.2 Å². The fourth-order valence-electron chi connectivity index (χ4n) is 4.67. The van der Waals surface area contributed by atoms with Crippen LogP contribution >= 0.6 is 0 Å². The molecule has 0 atom stereocenters. The van der Waals surface area contributed by atoms with Crippen molar-refractivity contribution < 1.29 is 0 Å². The summed E-state index contributed by atoms with van der Waals surface area (Å²) in [6.45, 7) is 20.6. The standard InChI is InChI=1S/C22H26N2.C6H10.2C2H6/c1-14(2)19-13-22-20(11-15(19)3)21(23-24-22)10-8-16-7-9-17-5-4-6-18(17)12-16;1-5(2)6-3-4-6;2*1-2/h7,9,11-14H,4-6,8,10H2,1-3H3,(H,23,24);6H,1,3-4H2,2H3;2*1-2H3. The van der Waals surface area contributed by atoms with E-state index in [1.807, 2.05) is 27.7 Å². The molecule has 5 rings (SSSR count). The van der Waals surface area contributed by atoms with Crippen molar-refractivity contribution in [1.29, 1.82) is 0 Å². The Labute approximate surface area is 209 Å². The quantitative estimate of drug-likeness (QED) is 0.377. The fourth-order valence-corrected chi connectivity index (χ4v) is 4.67. The van der Waals surface area contributed by atoms with Crippen LogP contribution in [-0.2, 0) is 25.7 Å². The van der Waals surface area contributed by atoms with Crippen LogP contribution in [0.4, 0.5) is 0 Å². The van der Waals surface area contributed by atoms with Crippen LogP contribution in [0.2, 0.25) is 0 Å². The van der Waals surface area contributed by atoms with Crippen molar-refractivity contribution in [3.8, 4) is 0 Å². The van der Waals surface area contributed by atoms with Crippen LogP contribution in [0.25, 0.3) is 10.9 Å². The van der Waals surface area contributed by atoms with Gasteiger partial charge < -0.3 is 0 Å².